The van der Waals surface area contributed by atoms with Gasteiger partial charge in [-0.1, -0.05) is 249 Å². The minimum absolute atomic E-state index is 1.16. The van der Waals surface area contributed by atoms with Crippen molar-refractivity contribution in [3.05, 3.63) is 352 Å². The molecule has 4 heteroatoms. The van der Waals surface area contributed by atoms with Crippen LogP contribution in [0.4, 0.5) is 0 Å². The molecule has 94 heavy (non-hydrogen) atoms. The number of aromatic nitrogens is 4. The first-order valence-electron chi connectivity index (χ1n) is 32.4. The highest BCUT2D eigenvalue weighted by atomic mass is 15.0. The highest BCUT2D eigenvalue weighted by molar-refractivity contribution is 6.30. The van der Waals surface area contributed by atoms with Crippen LogP contribution < -0.4 is 0 Å². The third-order valence-corrected chi connectivity index (χ3v) is 19.6. The van der Waals surface area contributed by atoms with Crippen LogP contribution in [-0.4, -0.2) is 18.3 Å². The highest BCUT2D eigenvalue weighted by Gasteiger charge is 2.24. The molecule has 20 aromatic rings. The molecular formula is C90H58N4. The van der Waals surface area contributed by atoms with Crippen molar-refractivity contribution in [2.24, 2.45) is 0 Å². The predicted molar refractivity (Wildman–Crippen MR) is 399 cm³/mol. The number of benzene rings is 16. The standard InChI is InChI=1S/C46H30N2.C44H28N2/c1-3-11-31(12-4-1)33-19-21-36-30-34(20-22-35(36)29-33)32-23-25-38(26-24-32)48-42-18-10-8-16-40(42)46-44(48)28-27-43-45(46)39-15-7-9-17-41(39)47(43)37-13-5-2-6-14-37;1-2-12-29(13-3-1)31-24-25-34-32(28-31)16-11-23-38(34)46-40-21-9-7-19-36(40)44-42(46)27-26-41-43(44)35-18-6-8-20-39(35)45(41)37-22-10-15-30-14-4-5-17-33(30)37/h1-30H;1-28H. The van der Waals surface area contributed by atoms with Gasteiger partial charge in [0, 0.05) is 65.2 Å². The molecule has 0 aliphatic rings. The topological polar surface area (TPSA) is 19.7 Å². The number of rotatable bonds is 7. The summed E-state index contributed by atoms with van der Waals surface area (Å²) in [7, 11) is 0. The van der Waals surface area contributed by atoms with E-state index in [-0.39, 0.29) is 0 Å². The van der Waals surface area contributed by atoms with Gasteiger partial charge >= 0.3 is 0 Å². The molecule has 4 nitrogen and oxygen atoms in total. The first-order chi connectivity index (χ1) is 46.7. The molecule has 0 aliphatic heterocycles. The molecule has 0 saturated carbocycles. The van der Waals surface area contributed by atoms with Crippen LogP contribution in [0.1, 0.15) is 0 Å². The van der Waals surface area contributed by atoms with E-state index in [1.807, 2.05) is 0 Å². The molecule has 0 spiro atoms. The van der Waals surface area contributed by atoms with Gasteiger partial charge in [0.25, 0.3) is 0 Å². The lowest BCUT2D eigenvalue weighted by Crippen LogP contribution is -1.96. The lowest BCUT2D eigenvalue weighted by molar-refractivity contribution is 1.17. The Morgan fingerprint density at radius 3 is 0.926 bits per heavy atom. The summed E-state index contributed by atoms with van der Waals surface area (Å²) in [5.41, 5.74) is 21.9. The Balaban J connectivity index is 0.000000134. The Hall–Kier alpha value is -12.5. The third kappa shape index (κ3) is 8.40. The van der Waals surface area contributed by atoms with Crippen molar-refractivity contribution >= 4 is 120 Å². The van der Waals surface area contributed by atoms with Gasteiger partial charge in [0.15, 0.2) is 0 Å². The second-order valence-electron chi connectivity index (χ2n) is 24.7. The van der Waals surface area contributed by atoms with Gasteiger partial charge in [0.2, 0.25) is 0 Å². The fourth-order valence-corrected chi connectivity index (χ4v) is 15.4. The lowest BCUT2D eigenvalue weighted by Gasteiger charge is -2.13. The van der Waals surface area contributed by atoms with Gasteiger partial charge in [0.05, 0.1) is 55.5 Å². The Kier molecular flexibility index (Phi) is 12.3. The van der Waals surface area contributed by atoms with E-state index < -0.39 is 0 Å². The summed E-state index contributed by atoms with van der Waals surface area (Å²) in [6.07, 6.45) is 0. The summed E-state index contributed by atoms with van der Waals surface area (Å²) in [6.45, 7) is 0. The maximum absolute atomic E-state index is 2.47. The molecule has 20 rings (SSSR count). The van der Waals surface area contributed by atoms with Crippen molar-refractivity contribution in [3.63, 3.8) is 0 Å². The van der Waals surface area contributed by atoms with E-state index in [0.717, 1.165) is 5.69 Å². The van der Waals surface area contributed by atoms with E-state index >= 15 is 0 Å². The van der Waals surface area contributed by atoms with Crippen molar-refractivity contribution in [3.8, 4) is 56.1 Å². The molecule has 4 aromatic heterocycles. The van der Waals surface area contributed by atoms with E-state index in [9.17, 15) is 0 Å². The van der Waals surface area contributed by atoms with Crippen LogP contribution in [0.15, 0.2) is 352 Å². The molecule has 0 aliphatic carbocycles. The zero-order valence-corrected chi connectivity index (χ0v) is 51.3. The summed E-state index contributed by atoms with van der Waals surface area (Å²) < 4.78 is 9.76. The van der Waals surface area contributed by atoms with Gasteiger partial charge in [-0.3, -0.25) is 0 Å². The van der Waals surface area contributed by atoms with Gasteiger partial charge in [-0.25, -0.2) is 0 Å². The van der Waals surface area contributed by atoms with E-state index in [0.29, 0.717) is 0 Å². The summed E-state index contributed by atoms with van der Waals surface area (Å²) in [5, 5.41) is 17.7. The van der Waals surface area contributed by atoms with E-state index in [1.165, 1.54) is 170 Å². The number of fused-ring (bicyclic) bond motifs is 17. The Morgan fingerprint density at radius 2 is 0.457 bits per heavy atom. The second-order valence-corrected chi connectivity index (χ2v) is 24.7. The van der Waals surface area contributed by atoms with E-state index in [2.05, 4.69) is 370 Å². The van der Waals surface area contributed by atoms with Crippen LogP contribution in [0.25, 0.3) is 176 Å². The molecule has 4 heterocycles. The maximum Gasteiger partial charge on any atom is 0.0549 e. The number of para-hydroxylation sites is 5. The molecule has 438 valence electrons. The maximum atomic E-state index is 2.47. The molecule has 0 fully saturated rings. The minimum atomic E-state index is 1.16. The Morgan fingerprint density at radius 1 is 0.149 bits per heavy atom. The van der Waals surface area contributed by atoms with Gasteiger partial charge in [-0.2, -0.15) is 0 Å². The second kappa shape index (κ2) is 21.6. The normalized spacial score (nSPS) is 11.8. The molecule has 0 N–H and O–H groups in total. The van der Waals surface area contributed by atoms with Crippen LogP contribution in [0.5, 0.6) is 0 Å². The quantitative estimate of drug-likeness (QED) is 0.152. The fourth-order valence-electron chi connectivity index (χ4n) is 15.4. The van der Waals surface area contributed by atoms with Gasteiger partial charge in [-0.05, 0) is 158 Å². The molecule has 0 atom stereocenters. The van der Waals surface area contributed by atoms with Crippen LogP contribution in [0.3, 0.4) is 0 Å². The molecule has 0 saturated heterocycles. The summed E-state index contributed by atoms with van der Waals surface area (Å²) >= 11 is 0. The average Bonchev–Trinajstić information content (AvgIpc) is 1.55. The minimum Gasteiger partial charge on any atom is -0.309 e. The van der Waals surface area contributed by atoms with Crippen molar-refractivity contribution < 1.29 is 0 Å². The molecule has 16 aromatic carbocycles. The molecule has 0 amide bonds. The van der Waals surface area contributed by atoms with Gasteiger partial charge in [-0.15, -0.1) is 0 Å². The largest absolute Gasteiger partial charge is 0.309 e. The van der Waals surface area contributed by atoms with Crippen molar-refractivity contribution in [1.82, 2.24) is 18.3 Å². The molecular weight excluding hydrogens is 1140 g/mol. The molecule has 0 bridgehead atoms. The molecule has 0 radical (unpaired) electrons. The number of hydrogen-bond acceptors (Lipinski definition) is 0. The summed E-state index contributed by atoms with van der Waals surface area (Å²) in [4.78, 5) is 0. The zero-order valence-electron chi connectivity index (χ0n) is 51.3. The number of nitrogens with zero attached hydrogens (tertiary/aromatic N) is 4. The Labute approximate surface area is 542 Å². The Bertz CT molecular complexity index is 6380. The van der Waals surface area contributed by atoms with Gasteiger partial charge in [0.1, 0.15) is 0 Å². The molecule has 0 unspecified atom stereocenters. The highest BCUT2D eigenvalue weighted by Crippen LogP contribution is 2.46. The van der Waals surface area contributed by atoms with Crippen LogP contribution in [0, 0.1) is 0 Å². The first-order valence-corrected chi connectivity index (χ1v) is 32.4. The van der Waals surface area contributed by atoms with Crippen LogP contribution in [-0.2, 0) is 0 Å². The van der Waals surface area contributed by atoms with E-state index in [4.69, 9.17) is 0 Å². The van der Waals surface area contributed by atoms with Crippen molar-refractivity contribution in [2.75, 3.05) is 0 Å². The third-order valence-electron chi connectivity index (χ3n) is 19.6. The van der Waals surface area contributed by atoms with Crippen LogP contribution >= 0.6 is 0 Å². The fraction of sp³-hybridized carbons (Fsp3) is 0. The summed E-state index contributed by atoms with van der Waals surface area (Å²) in [6, 6.07) is 128. The van der Waals surface area contributed by atoms with Crippen molar-refractivity contribution in [1.29, 1.82) is 0 Å². The predicted octanol–water partition coefficient (Wildman–Crippen LogP) is 24.2. The zero-order chi connectivity index (χ0) is 61.8. The first kappa shape index (κ1) is 53.3. The number of hydrogen-bond donors (Lipinski definition) is 0. The average molecular weight is 1200 g/mol. The smallest absolute Gasteiger partial charge is 0.0549 e. The van der Waals surface area contributed by atoms with Crippen molar-refractivity contribution in [2.45, 2.75) is 0 Å². The van der Waals surface area contributed by atoms with Gasteiger partial charge < -0.3 is 18.3 Å². The van der Waals surface area contributed by atoms with E-state index in [1.54, 1.807) is 0 Å². The summed E-state index contributed by atoms with van der Waals surface area (Å²) in [5.74, 6) is 0. The monoisotopic (exact) mass is 1190 g/mol. The van der Waals surface area contributed by atoms with Crippen LogP contribution in [0.2, 0.25) is 0 Å². The SMILES string of the molecule is c1ccc(-c2ccc3c(-n4c5ccccc5c5c6c7ccccc7n(-c7cccc8ccccc78)c6ccc54)cccc3c2)cc1.c1ccc(-c2ccc3cc(-c4ccc(-n5c6ccccc6c6c7c8ccccc8n(-c8ccccc8)c7ccc65)cc4)ccc3c2)cc1. The lowest BCUT2D eigenvalue weighted by atomic mass is 9.97.